The van der Waals surface area contributed by atoms with Crippen molar-refractivity contribution >= 4 is 59.7 Å². The molecule has 142 valence electrons. The predicted octanol–water partition coefficient (Wildman–Crippen LogP) is 5.69. The molecule has 0 aliphatic heterocycles. The van der Waals surface area contributed by atoms with Crippen LogP contribution in [0.4, 0.5) is 24.0 Å². The number of fused-ring (bicyclic) bond motifs is 2. The molecular formula is C17H8F3N3O3S2. The van der Waals surface area contributed by atoms with Gasteiger partial charge in [-0.15, -0.1) is 11.3 Å². The number of thiophene rings is 1. The molecule has 11 heteroatoms. The van der Waals surface area contributed by atoms with Gasteiger partial charge in [0.2, 0.25) is 0 Å². The van der Waals surface area contributed by atoms with Crippen LogP contribution in [0.25, 0.3) is 20.3 Å². The van der Waals surface area contributed by atoms with Crippen molar-refractivity contribution in [3.05, 3.63) is 63.0 Å². The minimum Gasteiger partial charge on any atom is -0.297 e. The Labute approximate surface area is 162 Å². The quantitative estimate of drug-likeness (QED) is 0.339. The summed E-state index contributed by atoms with van der Waals surface area (Å²) in [6.45, 7) is 0. The molecule has 0 aliphatic carbocycles. The number of nitro groups is 1. The number of hydrogen-bond acceptors (Lipinski definition) is 6. The van der Waals surface area contributed by atoms with Crippen LogP contribution in [-0.2, 0) is 6.18 Å². The van der Waals surface area contributed by atoms with Crippen LogP contribution >= 0.6 is 22.7 Å². The second-order valence-corrected chi connectivity index (χ2v) is 7.83. The second-order valence-electron chi connectivity index (χ2n) is 5.71. The molecule has 2 aromatic carbocycles. The van der Waals surface area contributed by atoms with Gasteiger partial charge in [-0.05, 0) is 24.3 Å². The number of anilines is 1. The van der Waals surface area contributed by atoms with Crippen LogP contribution in [0.15, 0.2) is 42.5 Å². The third kappa shape index (κ3) is 3.29. The minimum atomic E-state index is -4.55. The van der Waals surface area contributed by atoms with E-state index in [0.29, 0.717) is 14.8 Å². The molecule has 0 saturated carbocycles. The summed E-state index contributed by atoms with van der Waals surface area (Å²) >= 11 is 2.06. The van der Waals surface area contributed by atoms with Gasteiger partial charge in [0.25, 0.3) is 11.6 Å². The van der Waals surface area contributed by atoms with Gasteiger partial charge in [0.1, 0.15) is 0 Å². The van der Waals surface area contributed by atoms with Crippen molar-refractivity contribution in [1.82, 2.24) is 4.98 Å². The molecular weight excluding hydrogens is 415 g/mol. The number of carbonyl (C=O) groups excluding carboxylic acids is 1. The number of nitro benzene ring substituents is 1. The third-order valence-corrected chi connectivity index (χ3v) is 5.93. The molecule has 1 N–H and O–H groups in total. The van der Waals surface area contributed by atoms with E-state index in [9.17, 15) is 28.1 Å². The average Bonchev–Trinajstić information content (AvgIpc) is 3.22. The molecule has 0 fully saturated rings. The van der Waals surface area contributed by atoms with E-state index in [1.165, 1.54) is 30.3 Å². The SMILES string of the molecule is O=C(Nc1nc2c(C(F)(F)F)cccc2s1)c1cc2cc([N+](=O)[O-])ccc2s1. The van der Waals surface area contributed by atoms with Gasteiger partial charge in [-0.1, -0.05) is 17.4 Å². The van der Waals surface area contributed by atoms with Crippen molar-refractivity contribution in [3.8, 4) is 0 Å². The van der Waals surface area contributed by atoms with Gasteiger partial charge < -0.3 is 0 Å². The van der Waals surface area contributed by atoms with Crippen LogP contribution in [-0.4, -0.2) is 15.8 Å². The Bertz CT molecular complexity index is 1250. The molecule has 0 unspecified atom stereocenters. The van der Waals surface area contributed by atoms with Crippen molar-refractivity contribution in [2.75, 3.05) is 5.32 Å². The zero-order chi connectivity index (χ0) is 20.1. The summed E-state index contributed by atoms with van der Waals surface area (Å²) in [6, 6.07) is 9.46. The number of amides is 1. The van der Waals surface area contributed by atoms with Crippen molar-refractivity contribution < 1.29 is 22.9 Å². The first kappa shape index (κ1) is 18.3. The molecule has 1 amide bonds. The highest BCUT2D eigenvalue weighted by atomic mass is 32.1. The lowest BCUT2D eigenvalue weighted by molar-refractivity contribution is -0.384. The maximum atomic E-state index is 13.1. The van der Waals surface area contributed by atoms with Crippen molar-refractivity contribution in [3.63, 3.8) is 0 Å². The molecule has 0 bridgehead atoms. The van der Waals surface area contributed by atoms with Crippen LogP contribution in [0.1, 0.15) is 15.2 Å². The van der Waals surface area contributed by atoms with Crippen LogP contribution in [0, 0.1) is 10.1 Å². The number of rotatable bonds is 3. The Morgan fingerprint density at radius 2 is 1.89 bits per heavy atom. The van der Waals surface area contributed by atoms with E-state index >= 15 is 0 Å². The number of alkyl halides is 3. The Hall–Kier alpha value is -3.05. The molecule has 6 nitrogen and oxygen atoms in total. The van der Waals surface area contributed by atoms with E-state index in [-0.39, 0.29) is 21.2 Å². The van der Waals surface area contributed by atoms with Crippen molar-refractivity contribution in [2.24, 2.45) is 0 Å². The minimum absolute atomic E-state index is 0.0418. The summed E-state index contributed by atoms with van der Waals surface area (Å²) in [5.74, 6) is -0.545. The highest BCUT2D eigenvalue weighted by Gasteiger charge is 2.33. The Balaban J connectivity index is 1.65. The fraction of sp³-hybridized carbons (Fsp3) is 0.0588. The maximum Gasteiger partial charge on any atom is 0.418 e. The summed E-state index contributed by atoms with van der Waals surface area (Å²) in [6.07, 6.45) is -4.55. The lowest BCUT2D eigenvalue weighted by Crippen LogP contribution is -2.10. The summed E-state index contributed by atoms with van der Waals surface area (Å²) in [4.78, 5) is 27.0. The largest absolute Gasteiger partial charge is 0.418 e. The molecule has 28 heavy (non-hydrogen) atoms. The van der Waals surface area contributed by atoms with E-state index < -0.39 is 22.6 Å². The highest BCUT2D eigenvalue weighted by molar-refractivity contribution is 7.23. The van der Waals surface area contributed by atoms with E-state index in [0.717, 1.165) is 28.7 Å². The molecule has 4 rings (SSSR count). The Morgan fingerprint density at radius 3 is 2.61 bits per heavy atom. The van der Waals surface area contributed by atoms with Gasteiger partial charge in [-0.3, -0.25) is 20.2 Å². The number of nitrogens with zero attached hydrogens (tertiary/aromatic N) is 2. The Kier molecular flexibility index (Phi) is 4.27. The lowest BCUT2D eigenvalue weighted by atomic mass is 10.2. The molecule has 0 spiro atoms. The topological polar surface area (TPSA) is 85.1 Å². The lowest BCUT2D eigenvalue weighted by Gasteiger charge is -2.06. The van der Waals surface area contributed by atoms with Gasteiger partial charge in [0, 0.05) is 22.2 Å². The highest BCUT2D eigenvalue weighted by Crippen LogP contribution is 2.38. The van der Waals surface area contributed by atoms with Crippen LogP contribution in [0.5, 0.6) is 0 Å². The maximum absolute atomic E-state index is 13.1. The van der Waals surface area contributed by atoms with Crippen molar-refractivity contribution in [2.45, 2.75) is 6.18 Å². The summed E-state index contributed by atoms with van der Waals surface area (Å²) in [5, 5.41) is 13.9. The Morgan fingerprint density at radius 1 is 1.11 bits per heavy atom. The third-order valence-electron chi connectivity index (χ3n) is 3.88. The van der Waals surface area contributed by atoms with E-state index in [4.69, 9.17) is 0 Å². The summed E-state index contributed by atoms with van der Waals surface area (Å²) in [5.41, 5.74) is -1.18. The van der Waals surface area contributed by atoms with E-state index in [2.05, 4.69) is 10.3 Å². The predicted molar refractivity (Wildman–Crippen MR) is 101 cm³/mol. The number of hydrogen-bond donors (Lipinski definition) is 1. The van der Waals surface area contributed by atoms with Crippen LogP contribution in [0.3, 0.4) is 0 Å². The standard InChI is InChI=1S/C17H8F3N3O3S2/c18-17(19,20)10-2-1-3-12-14(10)21-16(28-12)22-15(24)13-7-8-6-9(23(25)26)4-5-11(8)27-13/h1-7H,(H,21,22,24). The number of benzene rings is 2. The number of non-ortho nitro benzene ring substituents is 1. The molecule has 0 atom stereocenters. The fourth-order valence-corrected chi connectivity index (χ4v) is 4.47. The number of nitrogens with one attached hydrogen (secondary N) is 1. The number of carbonyl (C=O) groups is 1. The van der Waals surface area contributed by atoms with E-state index in [1.54, 1.807) is 6.07 Å². The molecule has 4 aromatic rings. The normalized spacial score (nSPS) is 11.8. The second kappa shape index (κ2) is 6.53. The van der Waals surface area contributed by atoms with Gasteiger partial charge in [0.05, 0.1) is 25.6 Å². The molecule has 2 heterocycles. The molecule has 0 radical (unpaired) electrons. The van der Waals surface area contributed by atoms with Gasteiger partial charge in [-0.2, -0.15) is 13.2 Å². The summed E-state index contributed by atoms with van der Waals surface area (Å²) in [7, 11) is 0. The zero-order valence-corrected chi connectivity index (χ0v) is 15.2. The van der Waals surface area contributed by atoms with Gasteiger partial charge in [-0.25, -0.2) is 4.98 Å². The molecule has 0 saturated heterocycles. The average molecular weight is 423 g/mol. The molecule has 2 aromatic heterocycles. The van der Waals surface area contributed by atoms with Crippen LogP contribution < -0.4 is 5.32 Å². The monoisotopic (exact) mass is 423 g/mol. The number of aromatic nitrogens is 1. The smallest absolute Gasteiger partial charge is 0.297 e. The first-order valence-electron chi connectivity index (χ1n) is 7.68. The van der Waals surface area contributed by atoms with Crippen LogP contribution in [0.2, 0.25) is 0 Å². The first-order valence-corrected chi connectivity index (χ1v) is 9.32. The van der Waals surface area contributed by atoms with Crippen molar-refractivity contribution in [1.29, 1.82) is 0 Å². The number of para-hydroxylation sites is 1. The van der Waals surface area contributed by atoms with E-state index in [1.807, 2.05) is 0 Å². The number of thiazole rings is 1. The summed E-state index contributed by atoms with van der Waals surface area (Å²) < 4.78 is 40.3. The fourth-order valence-electron chi connectivity index (χ4n) is 2.65. The van der Waals surface area contributed by atoms with Gasteiger partial charge in [0.15, 0.2) is 5.13 Å². The molecule has 0 aliphatic rings. The van der Waals surface area contributed by atoms with Gasteiger partial charge >= 0.3 is 6.18 Å². The number of halogens is 3. The zero-order valence-electron chi connectivity index (χ0n) is 13.6. The first-order chi connectivity index (χ1) is 13.2.